The van der Waals surface area contributed by atoms with Crippen LogP contribution >= 0.6 is 0 Å². The summed E-state index contributed by atoms with van der Waals surface area (Å²) in [7, 11) is 0. The van der Waals surface area contributed by atoms with Crippen molar-refractivity contribution in [1.82, 2.24) is 0 Å². The fourth-order valence-corrected chi connectivity index (χ4v) is 37.6. The molecule has 4 rings (SSSR count). The first-order chi connectivity index (χ1) is 29.1. The molecule has 0 N–H and O–H groups in total. The molecule has 0 spiro atoms. The first-order valence-corrected chi connectivity index (χ1v) is 43.6. The van der Waals surface area contributed by atoms with E-state index in [0.29, 0.717) is 17.7 Å². The molecule has 352 valence electrons. The van der Waals surface area contributed by atoms with Crippen molar-refractivity contribution in [1.29, 1.82) is 0 Å². The minimum atomic E-state index is -4.31. The average molecular weight is 1310 g/mol. The van der Waals surface area contributed by atoms with Gasteiger partial charge in [0.05, 0.1) is 0 Å². The van der Waals surface area contributed by atoms with Gasteiger partial charge in [0.1, 0.15) is 0 Å². The topological polar surface area (TPSA) is 216 Å². The number of rotatable bonds is 28. The molecule has 0 aliphatic carbocycles. The van der Waals surface area contributed by atoms with Gasteiger partial charge in [-0.2, -0.15) is 0 Å². The summed E-state index contributed by atoms with van der Waals surface area (Å²) < 4.78 is 101. The summed E-state index contributed by atoms with van der Waals surface area (Å²) in [4.78, 5) is 48.6. The van der Waals surface area contributed by atoms with E-state index in [-0.39, 0.29) is 52.9 Å². The van der Waals surface area contributed by atoms with Gasteiger partial charge in [0, 0.05) is 0 Å². The fourth-order valence-electron chi connectivity index (χ4n) is 6.90. The van der Waals surface area contributed by atoms with E-state index in [1.165, 1.54) is 27.7 Å². The molecule has 0 aromatic rings. The van der Waals surface area contributed by atoms with Crippen molar-refractivity contribution in [2.24, 2.45) is 5.41 Å². The normalized spacial score (nSPS) is 32.1. The monoisotopic (exact) mass is 1310 g/mol. The Bertz CT molecular complexity index is 1210. The van der Waals surface area contributed by atoms with Crippen LogP contribution in [0.3, 0.4) is 0 Å². The molecule has 8 atom stereocenters. The molecule has 4 aliphatic rings. The van der Waals surface area contributed by atoms with E-state index in [1.54, 1.807) is 0 Å². The van der Waals surface area contributed by atoms with E-state index in [0.717, 1.165) is 51.4 Å². The van der Waals surface area contributed by atoms with Crippen molar-refractivity contribution >= 4 is 102 Å². The summed E-state index contributed by atoms with van der Waals surface area (Å²) in [6, 6.07) is 0. The third-order valence-corrected chi connectivity index (χ3v) is 41.7. The molecule has 0 bridgehead atoms. The molecule has 4 aliphatic heterocycles. The van der Waals surface area contributed by atoms with E-state index in [1.807, 2.05) is 27.7 Å². The summed E-state index contributed by atoms with van der Waals surface area (Å²) in [5.74, 6) is -1.92. The number of carbonyl (C=O) groups is 4. The van der Waals surface area contributed by atoms with Crippen LogP contribution in [0.15, 0.2) is 0 Å². The Morgan fingerprint density at radius 2 is 0.639 bits per heavy atom. The molecule has 4 saturated heterocycles. The Balaban J connectivity index is 1.62. The third kappa shape index (κ3) is 17.6. The zero-order chi connectivity index (χ0) is 44.6. The zero-order valence-corrected chi connectivity index (χ0v) is 48.5. The van der Waals surface area contributed by atoms with Crippen LogP contribution in [-0.4, -0.2) is 180 Å². The quantitative estimate of drug-likeness (QED) is 0.0967. The van der Waals surface area contributed by atoms with Gasteiger partial charge >= 0.3 is 385 Å². The molecule has 0 saturated carbocycles. The van der Waals surface area contributed by atoms with Gasteiger partial charge in [-0.3, -0.25) is 0 Å². The van der Waals surface area contributed by atoms with Crippen LogP contribution in [0, 0.1) is 5.41 Å². The van der Waals surface area contributed by atoms with Crippen LogP contribution < -0.4 is 0 Å². The van der Waals surface area contributed by atoms with E-state index in [4.69, 9.17) is 55.8 Å². The molecule has 4 fully saturated rings. The number of ether oxygens (including phenoxy) is 4. The second kappa shape index (κ2) is 26.2. The number of hydrogen-bond donors (Lipinski definition) is 0. The van der Waals surface area contributed by atoms with Crippen molar-refractivity contribution in [3.63, 3.8) is 0 Å². The van der Waals surface area contributed by atoms with E-state index in [2.05, 4.69) is 0 Å². The van der Waals surface area contributed by atoms with Crippen LogP contribution in [0.5, 0.6) is 0 Å². The van der Waals surface area contributed by atoms with Gasteiger partial charge in [-0.25, -0.2) is 0 Å². The molecular weight excluding hydrogens is 1240 g/mol. The number of carbonyl (C=O) groups excluding carboxylic acids is 4. The van der Waals surface area contributed by atoms with Crippen molar-refractivity contribution in [2.75, 3.05) is 52.9 Å². The predicted octanol–water partition coefficient (Wildman–Crippen LogP) is 4.74. The van der Waals surface area contributed by atoms with Gasteiger partial charge in [-0.05, 0) is 0 Å². The zero-order valence-electron chi connectivity index (χ0n) is 37.1. The van der Waals surface area contributed by atoms with Gasteiger partial charge in [0.15, 0.2) is 0 Å². The van der Waals surface area contributed by atoms with Gasteiger partial charge in [-0.15, -0.1) is 0 Å². The van der Waals surface area contributed by atoms with E-state index in [9.17, 15) is 19.2 Å². The standard InChI is InChI=1S/C13H20O12.4C4H9.4C2H4O2.4Sn/c14-1-9(18)22-5-13(6-23-10(19)2-15,7-24-11(20)3-16)8-25-12(21)4-17;4*1-3-4-2;4*1-2(3)4;;;;/h9-12H,1-8H2;4*1,3-4H2,2H3;4*1H3,(H,3,4);;;;/q-8;;;;;;;;;4*+3/p-4. The summed E-state index contributed by atoms with van der Waals surface area (Å²) in [6.07, 6.45) is 2.85. The maximum absolute atomic E-state index is 12.2. The number of unbranched alkanes of at least 4 members (excludes halogenated alkanes) is 4. The van der Waals surface area contributed by atoms with E-state index >= 15 is 0 Å². The van der Waals surface area contributed by atoms with Gasteiger partial charge in [0.25, 0.3) is 0 Å². The molecule has 0 radical (unpaired) electrons. The summed E-state index contributed by atoms with van der Waals surface area (Å²) in [5.41, 5.74) is -1.19. The SMILES string of the molecule is CCC[CH2][Sn]1([O]C(C)=O)[O]CC(OCC(COC2C[O][Sn]([CH2]CCC)([O]C(C)=O)[O]2)(COC2C[O][Sn]([CH2]CCC)([O]C(C)=O)[O]2)COC2C[O][Sn]([CH2]CCC)([O]C(C)=O)[O]2)[O]1. The molecular formula is C37H68O20Sn4. The van der Waals surface area contributed by atoms with Crippen molar-refractivity contribution in [3.05, 3.63) is 0 Å². The molecule has 24 heteroatoms. The second-order valence-electron chi connectivity index (χ2n) is 15.7. The molecule has 20 nitrogen and oxygen atoms in total. The third-order valence-electron chi connectivity index (χ3n) is 9.85. The predicted molar refractivity (Wildman–Crippen MR) is 218 cm³/mol. The Labute approximate surface area is 381 Å². The molecule has 4 heterocycles. The van der Waals surface area contributed by atoms with Crippen LogP contribution in [-0.2, 0) is 75.0 Å². The van der Waals surface area contributed by atoms with Gasteiger partial charge in [0.2, 0.25) is 0 Å². The van der Waals surface area contributed by atoms with Gasteiger partial charge < -0.3 is 0 Å². The number of hydrogen-bond acceptors (Lipinski definition) is 20. The molecule has 0 aromatic heterocycles. The van der Waals surface area contributed by atoms with Crippen molar-refractivity contribution in [2.45, 2.75) is 150 Å². The van der Waals surface area contributed by atoms with Crippen LogP contribution in [0.1, 0.15) is 107 Å². The maximum atomic E-state index is 12.2. The first kappa shape index (κ1) is 54.2. The molecule has 0 amide bonds. The fraction of sp³-hybridized carbons (Fsp3) is 0.892. The summed E-state index contributed by atoms with van der Waals surface area (Å²) in [6.45, 7) is 13.1. The van der Waals surface area contributed by atoms with E-state index < -0.39 is 133 Å². The minimum absolute atomic E-state index is 0.0366. The second-order valence-corrected chi connectivity index (χ2v) is 45.3. The molecule has 0 aromatic carbocycles. The Hall–Kier alpha value is 0.595. The van der Waals surface area contributed by atoms with Crippen molar-refractivity contribution in [3.8, 4) is 0 Å². The Morgan fingerprint density at radius 3 is 0.820 bits per heavy atom. The molecule has 8 unspecified atom stereocenters. The first-order valence-electron chi connectivity index (χ1n) is 21.6. The summed E-state index contributed by atoms with van der Waals surface area (Å²) >= 11 is -17.2. The summed E-state index contributed by atoms with van der Waals surface area (Å²) in [5, 5.41) is 0. The van der Waals surface area contributed by atoms with Crippen LogP contribution in [0.4, 0.5) is 0 Å². The average Bonchev–Trinajstić information content (AvgIpc) is 4.00. The van der Waals surface area contributed by atoms with Crippen LogP contribution in [0.2, 0.25) is 17.7 Å². The van der Waals surface area contributed by atoms with Gasteiger partial charge in [-0.1, -0.05) is 0 Å². The molecule has 61 heavy (non-hydrogen) atoms. The van der Waals surface area contributed by atoms with Crippen LogP contribution in [0.25, 0.3) is 0 Å². The van der Waals surface area contributed by atoms with Crippen molar-refractivity contribution < 1.29 is 75.0 Å². The Kier molecular flexibility index (Phi) is 23.3. The Morgan fingerprint density at radius 1 is 0.426 bits per heavy atom.